The Morgan fingerprint density at radius 1 is 0.444 bits per heavy atom. The van der Waals surface area contributed by atoms with Crippen molar-refractivity contribution < 1.29 is 13.2 Å². The van der Waals surface area contributed by atoms with E-state index in [0.717, 1.165) is 57.5 Å². The largest absolute Gasteiger partial charge is 0.379 e. The number of hydrogen-bond acceptors (Lipinski definition) is 10. The van der Waals surface area contributed by atoms with Crippen LogP contribution in [0.1, 0.15) is 129 Å². The molecule has 324 valence electrons. The Balaban J connectivity index is 0.000000325. The second kappa shape index (κ2) is 28.1. The molecule has 0 aromatic carbocycles. The fourth-order valence-electron chi connectivity index (χ4n) is 7.22. The quantitative estimate of drug-likeness (QED) is 0.358. The number of nitrogens with one attached hydrogen (secondary N) is 1. The van der Waals surface area contributed by atoms with Crippen LogP contribution in [0, 0.1) is 0 Å². The van der Waals surface area contributed by atoms with Crippen LogP contribution in [0.3, 0.4) is 0 Å². The van der Waals surface area contributed by atoms with E-state index in [4.69, 9.17) is 4.74 Å². The third-order valence-corrected chi connectivity index (χ3v) is 13.2. The topological polar surface area (TPSA) is 74.8 Å². The van der Waals surface area contributed by atoms with Crippen molar-refractivity contribution in [2.75, 3.05) is 116 Å². The Bertz CT molecular complexity index is 925. The van der Waals surface area contributed by atoms with Gasteiger partial charge in [0.1, 0.15) is 0 Å². The molecule has 11 heteroatoms. The molecule has 6 rings (SSSR count). The van der Waals surface area contributed by atoms with Gasteiger partial charge in [-0.2, -0.15) is 0 Å². The molecular weight excluding hydrogens is 695 g/mol. The molecule has 0 radical (unpaired) electrons. The summed E-state index contributed by atoms with van der Waals surface area (Å²) in [6.07, 6.45) is 8.51. The minimum atomic E-state index is -2.69. The van der Waals surface area contributed by atoms with Crippen molar-refractivity contribution in [2.45, 2.75) is 164 Å². The van der Waals surface area contributed by atoms with E-state index in [1.54, 1.807) is 0 Å². The van der Waals surface area contributed by atoms with Crippen LogP contribution in [0.2, 0.25) is 0 Å². The number of morpholine rings is 1. The van der Waals surface area contributed by atoms with Gasteiger partial charge in [0.15, 0.2) is 9.84 Å². The molecule has 0 amide bonds. The van der Waals surface area contributed by atoms with E-state index in [1.165, 1.54) is 90.9 Å². The normalized spacial score (nSPS) is 23.5. The molecule has 0 atom stereocenters. The van der Waals surface area contributed by atoms with Crippen molar-refractivity contribution in [3.05, 3.63) is 0 Å². The molecule has 0 spiro atoms. The summed E-state index contributed by atoms with van der Waals surface area (Å²) in [5.41, 5.74) is 0.429. The molecule has 6 heterocycles. The Morgan fingerprint density at radius 3 is 1.04 bits per heavy atom. The number of piperazine rings is 1. The van der Waals surface area contributed by atoms with E-state index in [1.807, 2.05) is 0 Å². The predicted octanol–water partition coefficient (Wildman–Crippen LogP) is 6.01. The maximum Gasteiger partial charge on any atom is 0.152 e. The number of piperidine rings is 1. The number of hydrogen-bond donors (Lipinski definition) is 1. The molecule has 0 saturated carbocycles. The molecule has 6 fully saturated rings. The van der Waals surface area contributed by atoms with E-state index in [0.29, 0.717) is 42.2 Å². The van der Waals surface area contributed by atoms with Gasteiger partial charge in [0.05, 0.1) is 24.7 Å². The van der Waals surface area contributed by atoms with Gasteiger partial charge in [-0.15, -0.1) is 0 Å². The highest BCUT2D eigenvalue weighted by Gasteiger charge is 2.26. The van der Waals surface area contributed by atoms with Gasteiger partial charge in [-0.3, -0.25) is 19.6 Å². The van der Waals surface area contributed by atoms with Crippen molar-refractivity contribution in [1.29, 1.82) is 0 Å². The molecule has 6 aliphatic heterocycles. The molecule has 0 aromatic heterocycles. The second-order valence-electron chi connectivity index (χ2n) is 18.4. The summed E-state index contributed by atoms with van der Waals surface area (Å²) in [6, 6.07) is 3.44. The summed E-state index contributed by atoms with van der Waals surface area (Å²) in [5.74, 6) is 0.677. The number of rotatable bonds is 5. The molecule has 10 nitrogen and oxygen atoms in total. The summed E-state index contributed by atoms with van der Waals surface area (Å²) in [6.45, 7) is 47.2. The lowest BCUT2D eigenvalue weighted by Gasteiger charge is -2.42. The van der Waals surface area contributed by atoms with Crippen LogP contribution >= 0.6 is 0 Å². The minimum Gasteiger partial charge on any atom is -0.379 e. The smallest absolute Gasteiger partial charge is 0.152 e. The van der Waals surface area contributed by atoms with Crippen LogP contribution in [-0.4, -0.2) is 190 Å². The molecule has 0 unspecified atom stereocenters. The Hall–Kier alpha value is -0.370. The van der Waals surface area contributed by atoms with Crippen molar-refractivity contribution in [2.24, 2.45) is 0 Å². The van der Waals surface area contributed by atoms with E-state index in [-0.39, 0.29) is 0 Å². The first kappa shape index (κ1) is 51.6. The molecular formula is C43H93N7O3S. The van der Waals surface area contributed by atoms with Crippen molar-refractivity contribution in [1.82, 2.24) is 34.7 Å². The number of likely N-dealkylation sites (tertiary alicyclic amines) is 3. The average Bonchev–Trinajstić information content (AvgIpc) is 3.65. The van der Waals surface area contributed by atoms with Crippen LogP contribution < -0.4 is 5.32 Å². The van der Waals surface area contributed by atoms with E-state index in [2.05, 4.69) is 125 Å². The Kier molecular flexibility index (Phi) is 26.9. The SMILES string of the molecule is CC(C)(C)N1CCC1.CC(C)N1CCCC1.CC(C)N1CCCCC1.CC(C)N1CCNCC1.CC(C)N1CCOCC1.CC(C)N1CCS(=O)(=O)CC1. The summed E-state index contributed by atoms with van der Waals surface area (Å²) in [7, 11) is -2.69. The first-order chi connectivity index (χ1) is 25.3. The van der Waals surface area contributed by atoms with Crippen molar-refractivity contribution >= 4 is 9.84 Å². The van der Waals surface area contributed by atoms with E-state index < -0.39 is 9.84 Å². The van der Waals surface area contributed by atoms with E-state index in [9.17, 15) is 8.42 Å². The standard InChI is InChI=1S/C8H17N.C7H16N2.C7H15NO2S.C7H15NO.2C7H15N/c1-8(2)9-6-4-3-5-7-9;1-7(2)9-5-3-8-4-6-9;1-7(2)8-3-5-11(9,10)6-4-8;1-7(2)8-3-5-9-6-4-8;1-7(2,3)8-5-4-6-8;1-7(2)8-5-3-4-6-8/h8H,3-7H2,1-2H3;7-8H,3-6H2,1-2H3;7H,3-6H2,1-2H3;7H,3-6H2,1-2H3;4-6H2,1-3H3;7H,3-6H2,1-2H3. The average molecular weight is 788 g/mol. The minimum absolute atomic E-state index is 0.338. The zero-order valence-corrected chi connectivity index (χ0v) is 39.0. The predicted molar refractivity (Wildman–Crippen MR) is 235 cm³/mol. The summed E-state index contributed by atoms with van der Waals surface area (Å²) >= 11 is 0. The highest BCUT2D eigenvalue weighted by atomic mass is 32.2. The molecule has 0 bridgehead atoms. The molecule has 6 aliphatic rings. The number of sulfone groups is 1. The van der Waals surface area contributed by atoms with Crippen molar-refractivity contribution in [3.8, 4) is 0 Å². The zero-order valence-electron chi connectivity index (χ0n) is 38.2. The van der Waals surface area contributed by atoms with Crippen LogP contribution in [0.4, 0.5) is 0 Å². The van der Waals surface area contributed by atoms with Gasteiger partial charge in [0.2, 0.25) is 0 Å². The lowest BCUT2D eigenvalue weighted by atomic mass is 10.0. The van der Waals surface area contributed by atoms with Crippen LogP contribution in [0.15, 0.2) is 0 Å². The molecule has 6 saturated heterocycles. The lowest BCUT2D eigenvalue weighted by molar-refractivity contribution is 0.0238. The van der Waals surface area contributed by atoms with Crippen LogP contribution in [0.25, 0.3) is 0 Å². The fourth-order valence-corrected chi connectivity index (χ4v) is 8.44. The first-order valence-electron chi connectivity index (χ1n) is 22.3. The van der Waals surface area contributed by atoms with Gasteiger partial charge < -0.3 is 19.9 Å². The second-order valence-corrected chi connectivity index (χ2v) is 20.7. The monoisotopic (exact) mass is 788 g/mol. The zero-order chi connectivity index (χ0) is 40.7. The molecule has 54 heavy (non-hydrogen) atoms. The summed E-state index contributed by atoms with van der Waals surface area (Å²) in [4.78, 5) is 14.7. The third kappa shape index (κ3) is 23.8. The number of nitrogens with zero attached hydrogens (tertiary/aromatic N) is 6. The van der Waals surface area contributed by atoms with Gasteiger partial charge in [-0.05, 0) is 161 Å². The summed E-state index contributed by atoms with van der Waals surface area (Å²) < 4.78 is 27.2. The number of ether oxygens (including phenoxy) is 1. The van der Waals surface area contributed by atoms with Gasteiger partial charge >= 0.3 is 0 Å². The van der Waals surface area contributed by atoms with Gasteiger partial charge in [-0.1, -0.05) is 6.42 Å². The van der Waals surface area contributed by atoms with Gasteiger partial charge in [0, 0.05) is 88.1 Å². The Morgan fingerprint density at radius 2 is 0.778 bits per heavy atom. The third-order valence-electron chi connectivity index (χ3n) is 11.6. The lowest BCUT2D eigenvalue weighted by Crippen LogP contribution is -2.49. The van der Waals surface area contributed by atoms with Gasteiger partial charge in [-0.25, -0.2) is 8.42 Å². The van der Waals surface area contributed by atoms with Gasteiger partial charge in [0.25, 0.3) is 0 Å². The molecule has 1 N–H and O–H groups in total. The van der Waals surface area contributed by atoms with Crippen molar-refractivity contribution in [3.63, 3.8) is 0 Å². The fraction of sp³-hybridized carbons (Fsp3) is 1.00. The highest BCUT2D eigenvalue weighted by Crippen LogP contribution is 2.19. The maximum absolute atomic E-state index is 11.0. The molecule has 0 aliphatic carbocycles. The first-order valence-corrected chi connectivity index (χ1v) is 24.1. The van der Waals surface area contributed by atoms with Crippen LogP contribution in [-0.2, 0) is 14.6 Å². The summed E-state index contributed by atoms with van der Waals surface area (Å²) in [5, 5.41) is 3.33. The Labute approximate surface area is 337 Å². The maximum atomic E-state index is 11.0. The molecule has 0 aromatic rings. The van der Waals surface area contributed by atoms with Crippen LogP contribution in [0.5, 0.6) is 0 Å². The highest BCUT2D eigenvalue weighted by molar-refractivity contribution is 7.91. The van der Waals surface area contributed by atoms with E-state index >= 15 is 0 Å².